The van der Waals surface area contributed by atoms with Gasteiger partial charge in [0, 0.05) is 28.6 Å². The fourth-order valence-electron chi connectivity index (χ4n) is 1.88. The summed E-state index contributed by atoms with van der Waals surface area (Å²) >= 11 is 1.08. The van der Waals surface area contributed by atoms with Gasteiger partial charge in [0.25, 0.3) is 5.69 Å². The maximum absolute atomic E-state index is 11.1. The van der Waals surface area contributed by atoms with Gasteiger partial charge in [-0.25, -0.2) is 9.97 Å². The number of nitro benzene ring substituents is 1. The van der Waals surface area contributed by atoms with Crippen molar-refractivity contribution in [2.75, 3.05) is 5.32 Å². The summed E-state index contributed by atoms with van der Waals surface area (Å²) in [6, 6.07) is 4.40. The summed E-state index contributed by atoms with van der Waals surface area (Å²) in [5, 5.41) is 16.2. The number of hydrogen-bond acceptors (Lipinski definition) is 7. The maximum atomic E-state index is 11.1. The van der Waals surface area contributed by atoms with Gasteiger partial charge in [-0.2, -0.15) is 0 Å². The zero-order chi connectivity index (χ0) is 14.8. The number of fused-ring (bicyclic) bond motifs is 1. The number of rotatable bonds is 4. The van der Waals surface area contributed by atoms with E-state index in [1.807, 2.05) is 0 Å². The van der Waals surface area contributed by atoms with Crippen LogP contribution < -0.4 is 10.2 Å². The first-order valence-electron chi connectivity index (χ1n) is 5.93. The van der Waals surface area contributed by atoms with E-state index in [0.29, 0.717) is 23.3 Å². The summed E-state index contributed by atoms with van der Waals surface area (Å²) < 4.78 is 0. The second kappa shape index (κ2) is 5.29. The number of non-ortho nitro benzene ring substituents is 1. The van der Waals surface area contributed by atoms with Crippen LogP contribution in [0.3, 0.4) is 0 Å². The highest BCUT2D eigenvalue weighted by molar-refractivity contribution is 7.07. The van der Waals surface area contributed by atoms with Crippen molar-refractivity contribution in [2.24, 2.45) is 0 Å². The number of benzene rings is 1. The number of aromatic amines is 1. The van der Waals surface area contributed by atoms with Gasteiger partial charge in [0.05, 0.1) is 17.0 Å². The van der Waals surface area contributed by atoms with Crippen molar-refractivity contribution in [1.82, 2.24) is 15.0 Å². The van der Waals surface area contributed by atoms with E-state index in [2.05, 4.69) is 20.3 Å². The minimum absolute atomic E-state index is 0.0238. The molecule has 0 amide bonds. The number of nitrogens with zero attached hydrogens (tertiary/aromatic N) is 3. The van der Waals surface area contributed by atoms with Crippen molar-refractivity contribution in [1.29, 1.82) is 0 Å². The Morgan fingerprint density at radius 3 is 2.95 bits per heavy atom. The number of anilines is 1. The zero-order valence-electron chi connectivity index (χ0n) is 10.6. The molecule has 0 aliphatic heterocycles. The Hall–Kier alpha value is -2.81. The van der Waals surface area contributed by atoms with E-state index in [1.54, 1.807) is 11.4 Å². The van der Waals surface area contributed by atoms with E-state index in [9.17, 15) is 14.9 Å². The Morgan fingerprint density at radius 1 is 1.38 bits per heavy atom. The molecule has 0 fully saturated rings. The van der Waals surface area contributed by atoms with Crippen LogP contribution >= 0.6 is 11.3 Å². The van der Waals surface area contributed by atoms with Crippen molar-refractivity contribution in [3.8, 4) is 0 Å². The molecular formula is C12H9N5O3S. The summed E-state index contributed by atoms with van der Waals surface area (Å²) in [7, 11) is 0. The number of thiazole rings is 1. The van der Waals surface area contributed by atoms with Crippen LogP contribution in [-0.2, 0) is 6.54 Å². The number of hydrogen-bond donors (Lipinski definition) is 2. The third kappa shape index (κ3) is 2.72. The molecule has 9 heteroatoms. The van der Waals surface area contributed by atoms with Crippen molar-refractivity contribution >= 4 is 33.7 Å². The molecule has 0 radical (unpaired) electrons. The molecule has 0 unspecified atom stereocenters. The zero-order valence-corrected chi connectivity index (χ0v) is 11.4. The van der Waals surface area contributed by atoms with Crippen LogP contribution in [0.15, 0.2) is 34.7 Å². The monoisotopic (exact) mass is 303 g/mol. The van der Waals surface area contributed by atoms with Gasteiger partial charge in [-0.3, -0.25) is 14.9 Å². The average Bonchev–Trinajstić information content (AvgIpc) is 2.90. The molecule has 0 atom stereocenters. The first kappa shape index (κ1) is 13.2. The lowest BCUT2D eigenvalue weighted by molar-refractivity contribution is -0.384. The van der Waals surface area contributed by atoms with Gasteiger partial charge < -0.3 is 10.3 Å². The van der Waals surface area contributed by atoms with E-state index in [1.165, 1.54) is 18.5 Å². The molecule has 2 aromatic heterocycles. The predicted octanol–water partition coefficient (Wildman–Crippen LogP) is 1.90. The lowest BCUT2D eigenvalue weighted by Crippen LogP contribution is -2.05. The second-order valence-electron chi connectivity index (χ2n) is 4.21. The number of H-pyrrole nitrogens is 1. The fourth-order valence-corrected chi connectivity index (χ4v) is 2.46. The van der Waals surface area contributed by atoms with E-state index in [4.69, 9.17) is 0 Å². The summed E-state index contributed by atoms with van der Waals surface area (Å²) in [5.74, 6) is 0.482. The van der Waals surface area contributed by atoms with Crippen LogP contribution in [0, 0.1) is 10.1 Å². The molecule has 0 saturated heterocycles. The molecule has 2 N–H and O–H groups in total. The highest BCUT2D eigenvalue weighted by atomic mass is 32.1. The van der Waals surface area contributed by atoms with E-state index < -0.39 is 4.92 Å². The van der Waals surface area contributed by atoms with Crippen LogP contribution in [0.25, 0.3) is 10.9 Å². The first-order valence-corrected chi connectivity index (χ1v) is 6.81. The lowest BCUT2D eigenvalue weighted by atomic mass is 10.2. The molecule has 2 heterocycles. The van der Waals surface area contributed by atoms with Gasteiger partial charge in [0.1, 0.15) is 12.1 Å². The molecular weight excluding hydrogens is 294 g/mol. The van der Waals surface area contributed by atoms with E-state index in [-0.39, 0.29) is 10.6 Å². The predicted molar refractivity (Wildman–Crippen MR) is 78.5 cm³/mol. The molecule has 0 saturated carbocycles. The van der Waals surface area contributed by atoms with Gasteiger partial charge in [-0.15, -0.1) is 0 Å². The molecule has 0 aliphatic rings. The highest BCUT2D eigenvalue weighted by Crippen LogP contribution is 2.24. The Morgan fingerprint density at radius 2 is 2.24 bits per heavy atom. The Bertz CT molecular complexity index is 872. The van der Waals surface area contributed by atoms with Crippen LogP contribution in [0.4, 0.5) is 11.5 Å². The molecule has 8 nitrogen and oxygen atoms in total. The number of nitro groups is 1. The minimum atomic E-state index is -0.466. The topological polar surface area (TPSA) is 114 Å². The Labute approximate surface area is 121 Å². The van der Waals surface area contributed by atoms with Crippen molar-refractivity contribution < 1.29 is 4.92 Å². The largest absolute Gasteiger partial charge is 0.364 e. The summed E-state index contributed by atoms with van der Waals surface area (Å²) in [6.07, 6.45) is 1.38. The second-order valence-corrected chi connectivity index (χ2v) is 5.05. The molecule has 1 aromatic carbocycles. The van der Waals surface area contributed by atoms with Gasteiger partial charge in [-0.1, -0.05) is 11.3 Å². The SMILES string of the molecule is O=c1[nH]c(CNc2ncnc3ccc([N+](=O)[O-])cc23)cs1. The average molecular weight is 303 g/mol. The molecule has 0 bridgehead atoms. The highest BCUT2D eigenvalue weighted by Gasteiger charge is 2.10. The summed E-state index contributed by atoms with van der Waals surface area (Å²) in [4.78, 5) is 32.2. The maximum Gasteiger partial charge on any atom is 0.304 e. The van der Waals surface area contributed by atoms with Crippen molar-refractivity contribution in [2.45, 2.75) is 6.54 Å². The number of aromatic nitrogens is 3. The normalized spacial score (nSPS) is 10.7. The van der Waals surface area contributed by atoms with E-state index in [0.717, 1.165) is 17.0 Å². The van der Waals surface area contributed by atoms with Gasteiger partial charge in [-0.05, 0) is 6.07 Å². The van der Waals surface area contributed by atoms with Crippen LogP contribution in [0.1, 0.15) is 5.69 Å². The molecule has 3 rings (SSSR count). The molecule has 106 valence electrons. The Kier molecular flexibility index (Phi) is 3.32. The van der Waals surface area contributed by atoms with Gasteiger partial charge in [0.2, 0.25) is 0 Å². The van der Waals surface area contributed by atoms with E-state index >= 15 is 0 Å². The summed E-state index contributed by atoms with van der Waals surface area (Å²) in [6.45, 7) is 0.369. The lowest BCUT2D eigenvalue weighted by Gasteiger charge is -2.06. The molecule has 0 spiro atoms. The third-order valence-electron chi connectivity index (χ3n) is 2.85. The van der Waals surface area contributed by atoms with Crippen molar-refractivity contribution in [3.63, 3.8) is 0 Å². The molecule has 3 aromatic rings. The Balaban J connectivity index is 1.95. The summed E-state index contributed by atoms with van der Waals surface area (Å²) in [5.41, 5.74) is 1.31. The van der Waals surface area contributed by atoms with Gasteiger partial charge >= 0.3 is 4.87 Å². The molecule has 21 heavy (non-hydrogen) atoms. The van der Waals surface area contributed by atoms with Crippen LogP contribution in [0.2, 0.25) is 0 Å². The molecule has 0 aliphatic carbocycles. The van der Waals surface area contributed by atoms with Gasteiger partial charge in [0.15, 0.2) is 0 Å². The smallest absolute Gasteiger partial charge is 0.304 e. The minimum Gasteiger partial charge on any atom is -0.364 e. The number of nitrogens with one attached hydrogen (secondary N) is 2. The van der Waals surface area contributed by atoms with Crippen LogP contribution in [0.5, 0.6) is 0 Å². The van der Waals surface area contributed by atoms with Crippen LogP contribution in [-0.4, -0.2) is 19.9 Å². The fraction of sp³-hybridized carbons (Fsp3) is 0.0833. The quantitative estimate of drug-likeness (QED) is 0.562. The van der Waals surface area contributed by atoms with Crippen molar-refractivity contribution in [3.05, 3.63) is 55.4 Å². The standard InChI is InChI=1S/C12H9N5O3S/c18-12-16-7(5-21-12)4-13-11-9-3-8(17(19)20)1-2-10(9)14-6-15-11/h1-3,5-6H,4H2,(H,16,18)(H,13,14,15). The third-order valence-corrected chi connectivity index (χ3v) is 3.57. The first-order chi connectivity index (χ1) is 10.1.